The SMILES string of the molecule is O=C(O)C1CCN(C/C=C/Cl)c2ccccc21. The molecule has 0 saturated carbocycles. The van der Waals surface area contributed by atoms with Crippen LogP contribution in [-0.2, 0) is 4.79 Å². The fourth-order valence-electron chi connectivity index (χ4n) is 2.24. The van der Waals surface area contributed by atoms with Crippen molar-refractivity contribution in [3.05, 3.63) is 41.4 Å². The Morgan fingerprint density at radius 3 is 3.00 bits per heavy atom. The van der Waals surface area contributed by atoms with Crippen LogP contribution < -0.4 is 4.90 Å². The van der Waals surface area contributed by atoms with E-state index in [1.165, 1.54) is 5.54 Å². The number of para-hydroxylation sites is 1. The molecule has 1 heterocycles. The number of carbonyl (C=O) groups is 1. The molecule has 1 aromatic rings. The smallest absolute Gasteiger partial charge is 0.311 e. The van der Waals surface area contributed by atoms with Gasteiger partial charge in [0.05, 0.1) is 5.92 Å². The number of fused-ring (bicyclic) bond motifs is 1. The van der Waals surface area contributed by atoms with Gasteiger partial charge in [-0.2, -0.15) is 0 Å². The standard InChI is InChI=1S/C13H14ClNO2/c14-7-3-8-15-9-6-11(13(16)17)10-4-1-2-5-12(10)15/h1-5,7,11H,6,8-9H2,(H,16,17)/b7-3+. The fourth-order valence-corrected chi connectivity index (χ4v) is 2.32. The zero-order chi connectivity index (χ0) is 12.3. The van der Waals surface area contributed by atoms with Gasteiger partial charge in [0.1, 0.15) is 0 Å². The van der Waals surface area contributed by atoms with Gasteiger partial charge in [-0.15, -0.1) is 0 Å². The first-order valence-electron chi connectivity index (χ1n) is 5.56. The summed E-state index contributed by atoms with van der Waals surface area (Å²) in [6.45, 7) is 1.46. The van der Waals surface area contributed by atoms with Gasteiger partial charge in [-0.3, -0.25) is 4.79 Å². The van der Waals surface area contributed by atoms with Crippen LogP contribution in [0.3, 0.4) is 0 Å². The van der Waals surface area contributed by atoms with Gasteiger partial charge in [0, 0.05) is 24.3 Å². The van der Waals surface area contributed by atoms with Crippen molar-refractivity contribution in [3.63, 3.8) is 0 Å². The topological polar surface area (TPSA) is 40.5 Å². The molecule has 1 aliphatic heterocycles. The van der Waals surface area contributed by atoms with Crippen LogP contribution in [0.5, 0.6) is 0 Å². The Hall–Kier alpha value is -1.48. The number of carboxylic acid groups (broad SMARTS) is 1. The highest BCUT2D eigenvalue weighted by atomic mass is 35.5. The molecule has 1 unspecified atom stereocenters. The number of nitrogens with zero attached hydrogens (tertiary/aromatic N) is 1. The molecule has 0 radical (unpaired) electrons. The Morgan fingerprint density at radius 1 is 1.53 bits per heavy atom. The van der Waals surface area contributed by atoms with Crippen molar-refractivity contribution in [2.45, 2.75) is 12.3 Å². The molecule has 1 N–H and O–H groups in total. The van der Waals surface area contributed by atoms with Crippen molar-refractivity contribution in [1.29, 1.82) is 0 Å². The highest BCUT2D eigenvalue weighted by Crippen LogP contribution is 2.35. The van der Waals surface area contributed by atoms with E-state index in [-0.39, 0.29) is 5.92 Å². The minimum Gasteiger partial charge on any atom is -0.481 e. The summed E-state index contributed by atoms with van der Waals surface area (Å²) in [5.41, 5.74) is 3.39. The second kappa shape index (κ2) is 5.23. The zero-order valence-corrected chi connectivity index (χ0v) is 10.1. The lowest BCUT2D eigenvalue weighted by atomic mass is 9.90. The average Bonchev–Trinajstić information content (AvgIpc) is 2.35. The Kier molecular flexibility index (Phi) is 3.69. The lowest BCUT2D eigenvalue weighted by Crippen LogP contribution is -2.33. The van der Waals surface area contributed by atoms with Crippen molar-refractivity contribution < 1.29 is 9.90 Å². The van der Waals surface area contributed by atoms with E-state index in [1.807, 2.05) is 30.3 Å². The predicted octanol–water partition coefficient (Wildman–Crippen LogP) is 2.82. The van der Waals surface area contributed by atoms with Crippen LogP contribution in [0.15, 0.2) is 35.9 Å². The van der Waals surface area contributed by atoms with E-state index in [0.29, 0.717) is 13.0 Å². The van der Waals surface area contributed by atoms with Crippen LogP contribution >= 0.6 is 11.6 Å². The number of benzene rings is 1. The summed E-state index contributed by atoms with van der Waals surface area (Å²) in [6, 6.07) is 7.67. The van der Waals surface area contributed by atoms with Gasteiger partial charge >= 0.3 is 5.97 Å². The number of hydrogen-bond donors (Lipinski definition) is 1. The maximum Gasteiger partial charge on any atom is 0.311 e. The van der Waals surface area contributed by atoms with Crippen LogP contribution in [-0.4, -0.2) is 24.2 Å². The molecule has 0 spiro atoms. The molecule has 0 amide bonds. The maximum absolute atomic E-state index is 11.2. The average molecular weight is 252 g/mol. The molecule has 0 aromatic heterocycles. The lowest BCUT2D eigenvalue weighted by Gasteiger charge is -2.33. The largest absolute Gasteiger partial charge is 0.481 e. The maximum atomic E-state index is 11.2. The van der Waals surface area contributed by atoms with E-state index in [0.717, 1.165) is 17.8 Å². The monoisotopic (exact) mass is 251 g/mol. The van der Waals surface area contributed by atoms with Crippen LogP contribution in [0.1, 0.15) is 17.9 Å². The summed E-state index contributed by atoms with van der Waals surface area (Å²) in [5, 5.41) is 9.19. The highest BCUT2D eigenvalue weighted by molar-refractivity contribution is 6.25. The fraction of sp³-hybridized carbons (Fsp3) is 0.308. The number of rotatable bonds is 3. The summed E-state index contributed by atoms with van der Waals surface area (Å²) >= 11 is 5.53. The van der Waals surface area contributed by atoms with E-state index < -0.39 is 5.97 Å². The minimum absolute atomic E-state index is 0.387. The lowest BCUT2D eigenvalue weighted by molar-refractivity contribution is -0.139. The highest BCUT2D eigenvalue weighted by Gasteiger charge is 2.28. The van der Waals surface area contributed by atoms with E-state index in [9.17, 15) is 9.90 Å². The van der Waals surface area contributed by atoms with Gasteiger partial charge in [-0.25, -0.2) is 0 Å². The van der Waals surface area contributed by atoms with Crippen LogP contribution in [0.4, 0.5) is 5.69 Å². The van der Waals surface area contributed by atoms with Crippen LogP contribution in [0, 0.1) is 0 Å². The third-order valence-electron chi connectivity index (χ3n) is 3.05. The van der Waals surface area contributed by atoms with Crippen LogP contribution in [0.2, 0.25) is 0 Å². The second-order valence-corrected chi connectivity index (χ2v) is 4.30. The first kappa shape index (κ1) is 12.0. The van der Waals surface area contributed by atoms with Crippen molar-refractivity contribution in [2.24, 2.45) is 0 Å². The van der Waals surface area contributed by atoms with Crippen LogP contribution in [0.25, 0.3) is 0 Å². The van der Waals surface area contributed by atoms with Gasteiger partial charge in [0.2, 0.25) is 0 Å². The molecule has 17 heavy (non-hydrogen) atoms. The van der Waals surface area contributed by atoms with Gasteiger partial charge in [0.25, 0.3) is 0 Å². The second-order valence-electron chi connectivity index (χ2n) is 4.05. The van der Waals surface area contributed by atoms with E-state index >= 15 is 0 Å². The Bertz CT molecular complexity index is 445. The third kappa shape index (κ3) is 2.44. The summed E-state index contributed by atoms with van der Waals surface area (Å²) in [7, 11) is 0. The summed E-state index contributed by atoms with van der Waals surface area (Å²) in [6.07, 6.45) is 2.50. The number of halogens is 1. The summed E-state index contributed by atoms with van der Waals surface area (Å²) in [4.78, 5) is 13.3. The number of aliphatic carboxylic acids is 1. The van der Waals surface area contributed by atoms with E-state index in [2.05, 4.69) is 4.90 Å². The van der Waals surface area contributed by atoms with Crippen molar-refractivity contribution >= 4 is 23.3 Å². The Morgan fingerprint density at radius 2 is 2.29 bits per heavy atom. The van der Waals surface area contributed by atoms with Gasteiger partial charge in [-0.05, 0) is 18.1 Å². The van der Waals surface area contributed by atoms with Crippen molar-refractivity contribution in [1.82, 2.24) is 0 Å². The zero-order valence-electron chi connectivity index (χ0n) is 9.34. The summed E-state index contributed by atoms with van der Waals surface area (Å²) < 4.78 is 0. The molecule has 2 rings (SSSR count). The third-order valence-corrected chi connectivity index (χ3v) is 3.23. The van der Waals surface area contributed by atoms with E-state index in [1.54, 1.807) is 0 Å². The quantitative estimate of drug-likeness (QED) is 0.898. The van der Waals surface area contributed by atoms with E-state index in [4.69, 9.17) is 11.6 Å². The summed E-state index contributed by atoms with van der Waals surface area (Å²) in [5.74, 6) is -1.13. The van der Waals surface area contributed by atoms with Crippen molar-refractivity contribution in [3.8, 4) is 0 Å². The first-order chi connectivity index (χ1) is 8.24. The molecule has 1 aromatic carbocycles. The molecule has 1 aliphatic rings. The Balaban J connectivity index is 2.33. The number of anilines is 1. The Labute approximate surface area is 105 Å². The molecule has 0 saturated heterocycles. The van der Waals surface area contributed by atoms with Gasteiger partial charge < -0.3 is 10.0 Å². The molecular formula is C13H14ClNO2. The number of carboxylic acids is 1. The predicted molar refractivity (Wildman–Crippen MR) is 68.6 cm³/mol. The van der Waals surface area contributed by atoms with Gasteiger partial charge in [-0.1, -0.05) is 35.9 Å². The molecule has 90 valence electrons. The van der Waals surface area contributed by atoms with Gasteiger partial charge in [0.15, 0.2) is 0 Å². The van der Waals surface area contributed by atoms with Crippen molar-refractivity contribution in [2.75, 3.05) is 18.0 Å². The number of hydrogen-bond acceptors (Lipinski definition) is 2. The molecule has 1 atom stereocenters. The molecular weight excluding hydrogens is 238 g/mol. The normalized spacial score (nSPS) is 19.4. The molecule has 0 fully saturated rings. The minimum atomic E-state index is -0.745. The molecule has 0 aliphatic carbocycles. The molecule has 0 bridgehead atoms. The molecule has 4 heteroatoms. The first-order valence-corrected chi connectivity index (χ1v) is 5.99. The molecule has 3 nitrogen and oxygen atoms in total.